The van der Waals surface area contributed by atoms with Crippen molar-refractivity contribution in [2.24, 2.45) is 5.92 Å². The third kappa shape index (κ3) is 4.56. The largest absolute Gasteiger partial charge is 0.348 e. The number of halogens is 1. The second-order valence-corrected chi connectivity index (χ2v) is 9.24. The molecule has 1 fully saturated rings. The molecule has 1 atom stereocenters. The molecule has 1 aromatic carbocycles. The van der Waals surface area contributed by atoms with E-state index < -0.39 is 0 Å². The lowest BCUT2D eigenvalue weighted by molar-refractivity contribution is -0.113. The Morgan fingerprint density at radius 3 is 2.96 bits per heavy atom. The molecule has 0 spiro atoms. The molecular weight excluding hydrogens is 414 g/mol. The standard InChI is InChI=1S/C19H20ClN5OS2/c1-12-3-2-8-25(9-12)19-24-17-16(28-19)18(22-11-21-17)27-10-15(26)23-14-6-4-13(20)5-7-14/h4-7,11-12H,2-3,8-10H2,1H3,(H,23,26). The number of amides is 1. The minimum Gasteiger partial charge on any atom is -0.348 e. The Labute approximate surface area is 176 Å². The first-order valence-electron chi connectivity index (χ1n) is 9.13. The van der Waals surface area contributed by atoms with Gasteiger partial charge in [-0.05, 0) is 43.0 Å². The second kappa shape index (κ2) is 8.63. The van der Waals surface area contributed by atoms with E-state index in [1.807, 2.05) is 0 Å². The van der Waals surface area contributed by atoms with Gasteiger partial charge in [-0.3, -0.25) is 4.79 Å². The van der Waals surface area contributed by atoms with Crippen LogP contribution in [0.5, 0.6) is 0 Å². The molecule has 3 heterocycles. The molecule has 1 unspecified atom stereocenters. The summed E-state index contributed by atoms with van der Waals surface area (Å²) in [5, 5.41) is 5.30. The lowest BCUT2D eigenvalue weighted by Crippen LogP contribution is -2.34. The van der Waals surface area contributed by atoms with Crippen molar-refractivity contribution in [3.05, 3.63) is 35.6 Å². The molecular formula is C19H20ClN5OS2. The Balaban J connectivity index is 1.44. The van der Waals surface area contributed by atoms with E-state index in [1.54, 1.807) is 35.6 Å². The van der Waals surface area contributed by atoms with Gasteiger partial charge in [0.25, 0.3) is 0 Å². The van der Waals surface area contributed by atoms with E-state index in [0.717, 1.165) is 33.6 Å². The third-order valence-corrected chi connectivity index (χ3v) is 7.03. The number of thiazole rings is 1. The molecule has 0 radical (unpaired) electrons. The molecule has 1 amide bonds. The fourth-order valence-corrected chi connectivity index (χ4v) is 5.24. The number of rotatable bonds is 5. The van der Waals surface area contributed by atoms with Crippen LogP contribution in [0.15, 0.2) is 35.6 Å². The maximum atomic E-state index is 12.3. The van der Waals surface area contributed by atoms with E-state index >= 15 is 0 Å². The molecule has 0 saturated carbocycles. The van der Waals surface area contributed by atoms with Gasteiger partial charge in [-0.2, -0.15) is 4.98 Å². The summed E-state index contributed by atoms with van der Waals surface area (Å²) in [6.45, 7) is 4.34. The van der Waals surface area contributed by atoms with Crippen LogP contribution >= 0.6 is 34.7 Å². The van der Waals surface area contributed by atoms with Crippen LogP contribution in [0, 0.1) is 5.92 Å². The molecule has 0 bridgehead atoms. The van der Waals surface area contributed by atoms with Crippen molar-refractivity contribution in [3.63, 3.8) is 0 Å². The number of hydrogen-bond acceptors (Lipinski definition) is 7. The average Bonchev–Trinajstić information content (AvgIpc) is 3.13. The van der Waals surface area contributed by atoms with Gasteiger partial charge in [-0.1, -0.05) is 41.6 Å². The van der Waals surface area contributed by atoms with E-state index in [1.165, 1.54) is 30.9 Å². The summed E-state index contributed by atoms with van der Waals surface area (Å²) in [4.78, 5) is 28.0. The van der Waals surface area contributed by atoms with Gasteiger partial charge >= 0.3 is 0 Å². The van der Waals surface area contributed by atoms with Gasteiger partial charge < -0.3 is 10.2 Å². The van der Waals surface area contributed by atoms with E-state index in [9.17, 15) is 4.79 Å². The van der Waals surface area contributed by atoms with E-state index in [2.05, 4.69) is 27.1 Å². The Morgan fingerprint density at radius 1 is 1.36 bits per heavy atom. The molecule has 9 heteroatoms. The summed E-state index contributed by atoms with van der Waals surface area (Å²) in [6, 6.07) is 7.06. The highest BCUT2D eigenvalue weighted by Gasteiger charge is 2.21. The number of benzene rings is 1. The van der Waals surface area contributed by atoms with Crippen molar-refractivity contribution in [3.8, 4) is 0 Å². The summed E-state index contributed by atoms with van der Waals surface area (Å²) in [7, 11) is 0. The van der Waals surface area contributed by atoms with Crippen LogP contribution in [-0.2, 0) is 4.79 Å². The molecule has 1 N–H and O–H groups in total. The number of nitrogens with one attached hydrogen (secondary N) is 1. The second-order valence-electron chi connectivity index (χ2n) is 6.87. The maximum Gasteiger partial charge on any atom is 0.234 e. The van der Waals surface area contributed by atoms with Gasteiger partial charge in [0.05, 0.1) is 5.75 Å². The van der Waals surface area contributed by atoms with Crippen molar-refractivity contribution < 1.29 is 4.79 Å². The fourth-order valence-electron chi connectivity index (χ4n) is 3.19. The summed E-state index contributed by atoms with van der Waals surface area (Å²) in [6.07, 6.45) is 3.98. The number of aromatic nitrogens is 3. The van der Waals surface area contributed by atoms with Crippen LogP contribution < -0.4 is 10.2 Å². The number of anilines is 2. The summed E-state index contributed by atoms with van der Waals surface area (Å²) in [5.74, 6) is 0.855. The molecule has 1 saturated heterocycles. The van der Waals surface area contributed by atoms with Gasteiger partial charge in [0.1, 0.15) is 16.1 Å². The normalized spacial score (nSPS) is 17.1. The number of nitrogens with zero attached hydrogens (tertiary/aromatic N) is 4. The van der Waals surface area contributed by atoms with E-state index in [-0.39, 0.29) is 11.7 Å². The molecule has 4 rings (SSSR count). The lowest BCUT2D eigenvalue weighted by atomic mass is 10.0. The zero-order valence-electron chi connectivity index (χ0n) is 15.4. The molecule has 3 aromatic rings. The fraction of sp³-hybridized carbons (Fsp3) is 0.368. The Hall–Kier alpha value is -1.90. The summed E-state index contributed by atoms with van der Waals surface area (Å²) < 4.78 is 0.944. The molecule has 1 aliphatic heterocycles. The highest BCUT2D eigenvalue weighted by molar-refractivity contribution is 8.00. The third-order valence-electron chi connectivity index (χ3n) is 4.54. The van der Waals surface area contributed by atoms with Gasteiger partial charge in [0.2, 0.25) is 5.91 Å². The van der Waals surface area contributed by atoms with Crippen LogP contribution in [0.4, 0.5) is 10.8 Å². The molecule has 1 aliphatic rings. The smallest absolute Gasteiger partial charge is 0.234 e. The minimum absolute atomic E-state index is 0.0892. The number of hydrogen-bond donors (Lipinski definition) is 1. The quantitative estimate of drug-likeness (QED) is 0.464. The highest BCUT2D eigenvalue weighted by Crippen LogP contribution is 2.35. The molecule has 28 heavy (non-hydrogen) atoms. The average molecular weight is 434 g/mol. The predicted molar refractivity (Wildman–Crippen MR) is 117 cm³/mol. The number of carbonyl (C=O) groups is 1. The van der Waals surface area contributed by atoms with Crippen LogP contribution in [0.2, 0.25) is 5.02 Å². The number of thioether (sulfide) groups is 1. The van der Waals surface area contributed by atoms with E-state index in [0.29, 0.717) is 16.6 Å². The van der Waals surface area contributed by atoms with Crippen molar-refractivity contribution in [1.29, 1.82) is 0 Å². The Kier molecular flexibility index (Phi) is 5.99. The lowest BCUT2D eigenvalue weighted by Gasteiger charge is -2.30. The zero-order valence-corrected chi connectivity index (χ0v) is 17.8. The number of fused-ring (bicyclic) bond motifs is 1. The molecule has 146 valence electrons. The SMILES string of the molecule is CC1CCCN(c2nc3ncnc(SCC(=O)Nc4ccc(Cl)cc4)c3s2)C1. The first-order valence-corrected chi connectivity index (χ1v) is 11.3. The summed E-state index contributed by atoms with van der Waals surface area (Å²) in [5.41, 5.74) is 1.43. The first kappa shape index (κ1) is 19.4. The monoisotopic (exact) mass is 433 g/mol. The number of piperidine rings is 1. The Morgan fingerprint density at radius 2 is 2.18 bits per heavy atom. The highest BCUT2D eigenvalue weighted by atomic mass is 35.5. The van der Waals surface area contributed by atoms with Crippen molar-refractivity contribution in [2.45, 2.75) is 24.8 Å². The van der Waals surface area contributed by atoms with Crippen molar-refractivity contribution >= 4 is 61.8 Å². The van der Waals surface area contributed by atoms with Crippen LogP contribution in [0.25, 0.3) is 10.3 Å². The van der Waals surface area contributed by atoms with Gasteiger partial charge in [0, 0.05) is 23.8 Å². The van der Waals surface area contributed by atoms with Gasteiger partial charge in [-0.15, -0.1) is 0 Å². The van der Waals surface area contributed by atoms with E-state index in [4.69, 9.17) is 16.6 Å². The van der Waals surface area contributed by atoms with Crippen LogP contribution in [0.3, 0.4) is 0 Å². The molecule has 2 aromatic heterocycles. The molecule has 0 aliphatic carbocycles. The first-order chi connectivity index (χ1) is 13.6. The topological polar surface area (TPSA) is 71.0 Å². The van der Waals surface area contributed by atoms with Crippen molar-refractivity contribution in [2.75, 3.05) is 29.1 Å². The van der Waals surface area contributed by atoms with Crippen LogP contribution in [0.1, 0.15) is 19.8 Å². The maximum absolute atomic E-state index is 12.3. The van der Waals surface area contributed by atoms with Crippen molar-refractivity contribution in [1.82, 2.24) is 15.0 Å². The zero-order chi connectivity index (χ0) is 19.5. The number of carbonyl (C=O) groups excluding carboxylic acids is 1. The predicted octanol–water partition coefficient (Wildman–Crippen LogP) is 4.71. The summed E-state index contributed by atoms with van der Waals surface area (Å²) >= 11 is 8.89. The minimum atomic E-state index is -0.0892. The van der Waals surface area contributed by atoms with Gasteiger partial charge in [0.15, 0.2) is 10.8 Å². The van der Waals surface area contributed by atoms with Crippen LogP contribution in [-0.4, -0.2) is 39.7 Å². The molecule has 6 nitrogen and oxygen atoms in total. The Bertz CT molecular complexity index is 978. The van der Waals surface area contributed by atoms with Gasteiger partial charge in [-0.25, -0.2) is 9.97 Å².